The van der Waals surface area contributed by atoms with Crippen molar-refractivity contribution >= 4 is 11.9 Å². The van der Waals surface area contributed by atoms with Crippen molar-refractivity contribution in [3.8, 4) is 16.9 Å². The summed E-state index contributed by atoms with van der Waals surface area (Å²) in [6.07, 6.45) is 10.6. The molecule has 1 fully saturated rings. The molecule has 0 heterocycles. The number of carbonyl (C=O) groups is 2. The van der Waals surface area contributed by atoms with Crippen molar-refractivity contribution in [3.63, 3.8) is 0 Å². The largest absolute Gasteiger partial charge is 0.490 e. The van der Waals surface area contributed by atoms with Crippen LogP contribution in [-0.4, -0.2) is 36.9 Å². The molecule has 2 aromatic carbocycles. The smallest absolute Gasteiger partial charge is 0.335 e. The lowest BCUT2D eigenvalue weighted by molar-refractivity contribution is -0.141. The summed E-state index contributed by atoms with van der Waals surface area (Å²) in [5.41, 5.74) is 4.48. The molecule has 0 bridgehead atoms. The van der Waals surface area contributed by atoms with E-state index in [2.05, 4.69) is 44.3 Å². The van der Waals surface area contributed by atoms with Gasteiger partial charge in [-0.15, -0.1) is 0 Å². The lowest BCUT2D eigenvalue weighted by Crippen LogP contribution is -2.15. The van der Waals surface area contributed by atoms with Gasteiger partial charge in [0.25, 0.3) is 0 Å². The highest BCUT2D eigenvalue weighted by Crippen LogP contribution is 2.38. The van der Waals surface area contributed by atoms with Crippen LogP contribution in [-0.2, 0) is 25.7 Å². The van der Waals surface area contributed by atoms with Crippen molar-refractivity contribution in [1.29, 1.82) is 0 Å². The van der Waals surface area contributed by atoms with Crippen molar-refractivity contribution in [1.82, 2.24) is 0 Å². The molecule has 6 heteroatoms. The Kier molecular flexibility index (Phi) is 12.5. The van der Waals surface area contributed by atoms with Gasteiger partial charge < -0.3 is 19.3 Å². The van der Waals surface area contributed by atoms with E-state index < -0.39 is 18.5 Å². The molecule has 0 radical (unpaired) electrons. The van der Waals surface area contributed by atoms with Gasteiger partial charge in [-0.3, -0.25) is 0 Å². The van der Waals surface area contributed by atoms with Crippen LogP contribution in [0.4, 0.5) is 0 Å². The Morgan fingerprint density at radius 1 is 0.900 bits per heavy atom. The SMILES string of the molecule is C=C(C)C(=O)OCc1cc(-c2ccc(C3CCC(CCCCC)CC3)cc2)ccc1OCCOC(=O)C(=C)CO. The van der Waals surface area contributed by atoms with Crippen LogP contribution in [0.3, 0.4) is 0 Å². The predicted octanol–water partition coefficient (Wildman–Crippen LogP) is 7.30. The maximum atomic E-state index is 12.0. The number of carbonyl (C=O) groups excluding carboxylic acids is 2. The van der Waals surface area contributed by atoms with Gasteiger partial charge >= 0.3 is 11.9 Å². The average molecular weight is 549 g/mol. The zero-order valence-corrected chi connectivity index (χ0v) is 24.1. The minimum absolute atomic E-state index is 0.00723. The van der Waals surface area contributed by atoms with Crippen LogP contribution < -0.4 is 4.74 Å². The normalized spacial score (nSPS) is 16.7. The first-order chi connectivity index (χ1) is 19.3. The number of benzene rings is 2. The minimum Gasteiger partial charge on any atom is -0.490 e. The Bertz CT molecular complexity index is 1140. The molecule has 216 valence electrons. The summed E-state index contributed by atoms with van der Waals surface area (Å²) in [4.78, 5) is 23.7. The first kappa shape index (κ1) is 31.2. The first-order valence-electron chi connectivity index (χ1n) is 14.5. The molecular formula is C34H44O6. The van der Waals surface area contributed by atoms with Gasteiger partial charge in [0.2, 0.25) is 0 Å². The molecule has 1 aliphatic rings. The summed E-state index contributed by atoms with van der Waals surface area (Å²) in [5, 5.41) is 8.98. The fraction of sp³-hybridized carbons (Fsp3) is 0.471. The molecule has 1 aliphatic carbocycles. The second kappa shape index (κ2) is 16.0. The van der Waals surface area contributed by atoms with Gasteiger partial charge in [-0.05, 0) is 73.3 Å². The summed E-state index contributed by atoms with van der Waals surface area (Å²) in [5.74, 6) is 0.917. The molecule has 0 aliphatic heterocycles. The zero-order chi connectivity index (χ0) is 28.9. The van der Waals surface area contributed by atoms with Crippen molar-refractivity contribution in [3.05, 3.63) is 77.9 Å². The molecule has 0 aromatic heterocycles. The third-order valence-corrected chi connectivity index (χ3v) is 7.60. The molecule has 0 amide bonds. The van der Waals surface area contributed by atoms with E-state index in [1.807, 2.05) is 18.2 Å². The second-order valence-electron chi connectivity index (χ2n) is 10.8. The molecule has 0 unspecified atom stereocenters. The van der Waals surface area contributed by atoms with Crippen LogP contribution in [0.5, 0.6) is 5.75 Å². The van der Waals surface area contributed by atoms with Crippen molar-refractivity contribution < 1.29 is 28.9 Å². The molecule has 3 rings (SSSR count). The molecule has 1 saturated carbocycles. The zero-order valence-electron chi connectivity index (χ0n) is 24.1. The quantitative estimate of drug-likeness (QED) is 0.143. The van der Waals surface area contributed by atoms with Crippen molar-refractivity contribution in [2.45, 2.75) is 77.7 Å². The molecule has 40 heavy (non-hydrogen) atoms. The number of rotatable bonds is 15. The number of ether oxygens (including phenoxy) is 3. The highest BCUT2D eigenvalue weighted by Gasteiger charge is 2.22. The van der Waals surface area contributed by atoms with Gasteiger partial charge in [0.05, 0.1) is 12.2 Å². The van der Waals surface area contributed by atoms with E-state index in [4.69, 9.17) is 19.3 Å². The Morgan fingerprint density at radius 3 is 2.25 bits per heavy atom. The molecule has 6 nitrogen and oxygen atoms in total. The monoisotopic (exact) mass is 548 g/mol. The van der Waals surface area contributed by atoms with Crippen LogP contribution in [0.15, 0.2) is 66.8 Å². The fourth-order valence-corrected chi connectivity index (χ4v) is 5.15. The van der Waals surface area contributed by atoms with E-state index in [9.17, 15) is 9.59 Å². The lowest BCUT2D eigenvalue weighted by atomic mass is 9.77. The molecule has 1 N–H and O–H groups in total. The van der Waals surface area contributed by atoms with Gasteiger partial charge in [-0.25, -0.2) is 9.59 Å². The molecular weight excluding hydrogens is 504 g/mol. The van der Waals surface area contributed by atoms with Gasteiger partial charge in [-0.2, -0.15) is 0 Å². The van der Waals surface area contributed by atoms with Gasteiger partial charge in [-0.1, -0.05) is 76.1 Å². The van der Waals surface area contributed by atoms with Gasteiger partial charge in [0.1, 0.15) is 25.6 Å². The number of hydrogen-bond acceptors (Lipinski definition) is 6. The van der Waals surface area contributed by atoms with Crippen LogP contribution in [0.2, 0.25) is 0 Å². The highest BCUT2D eigenvalue weighted by molar-refractivity contribution is 5.88. The summed E-state index contributed by atoms with van der Waals surface area (Å²) in [6.45, 7) is 10.6. The molecule has 0 atom stereocenters. The van der Waals surface area contributed by atoms with Crippen LogP contribution >= 0.6 is 0 Å². The first-order valence-corrected chi connectivity index (χ1v) is 14.5. The third-order valence-electron chi connectivity index (χ3n) is 7.60. The van der Waals surface area contributed by atoms with Gasteiger partial charge in [0, 0.05) is 11.1 Å². The number of aliphatic hydroxyl groups excluding tert-OH is 1. The Hall–Kier alpha value is -3.38. The highest BCUT2D eigenvalue weighted by atomic mass is 16.6. The number of unbranched alkanes of at least 4 members (excludes halogenated alkanes) is 2. The maximum absolute atomic E-state index is 12.0. The van der Waals surface area contributed by atoms with E-state index in [0.717, 1.165) is 17.0 Å². The average Bonchev–Trinajstić information content (AvgIpc) is 2.98. The number of esters is 2. The number of hydrogen-bond donors (Lipinski definition) is 1. The third kappa shape index (κ3) is 9.37. The van der Waals surface area contributed by atoms with Crippen molar-refractivity contribution in [2.24, 2.45) is 5.92 Å². The standard InChI is InChI=1S/C34H44O6/c1-5-6-7-8-26-9-11-27(12-10-26)28-13-15-29(16-14-28)30-17-18-32(31(21-30)23-40-33(36)24(2)3)38-19-20-39-34(37)25(4)22-35/h13-18,21,26-27,35H,2,4-12,19-20,22-23H2,1,3H3. The summed E-state index contributed by atoms with van der Waals surface area (Å²) < 4.78 is 16.3. The Labute approximate surface area is 239 Å². The van der Waals surface area contributed by atoms with Crippen molar-refractivity contribution in [2.75, 3.05) is 19.8 Å². The predicted molar refractivity (Wildman–Crippen MR) is 158 cm³/mol. The Balaban J connectivity index is 1.65. The molecule has 0 spiro atoms. The fourth-order valence-electron chi connectivity index (χ4n) is 5.15. The van der Waals surface area contributed by atoms with E-state index in [-0.39, 0.29) is 25.4 Å². The topological polar surface area (TPSA) is 82.1 Å². The summed E-state index contributed by atoms with van der Waals surface area (Å²) in [7, 11) is 0. The van der Waals surface area contributed by atoms with E-state index in [1.54, 1.807) is 6.92 Å². The second-order valence-corrected chi connectivity index (χ2v) is 10.8. The molecule has 0 saturated heterocycles. The molecule has 2 aromatic rings. The van der Waals surface area contributed by atoms with Crippen LogP contribution in [0.1, 0.15) is 82.3 Å². The Morgan fingerprint density at radius 2 is 1.60 bits per heavy atom. The lowest BCUT2D eigenvalue weighted by Gasteiger charge is -2.29. The van der Waals surface area contributed by atoms with Crippen LogP contribution in [0, 0.1) is 5.92 Å². The summed E-state index contributed by atoms with van der Waals surface area (Å²) >= 11 is 0. The van der Waals surface area contributed by atoms with E-state index >= 15 is 0 Å². The summed E-state index contributed by atoms with van der Waals surface area (Å²) in [6, 6.07) is 14.6. The van der Waals surface area contributed by atoms with E-state index in [0.29, 0.717) is 22.8 Å². The van der Waals surface area contributed by atoms with E-state index in [1.165, 1.54) is 56.9 Å². The minimum atomic E-state index is -0.666. The van der Waals surface area contributed by atoms with Crippen LogP contribution in [0.25, 0.3) is 11.1 Å². The maximum Gasteiger partial charge on any atom is 0.335 e. The van der Waals surface area contributed by atoms with Gasteiger partial charge in [0.15, 0.2) is 0 Å². The number of aliphatic hydroxyl groups is 1.